The fourth-order valence-electron chi connectivity index (χ4n) is 4.27. The largest absolute Gasteiger partial charge is 0.371 e. The van der Waals surface area contributed by atoms with Crippen molar-refractivity contribution in [2.45, 2.75) is 51.9 Å². The number of carbonyl (C=O) groups is 1. The van der Waals surface area contributed by atoms with E-state index in [2.05, 4.69) is 33.3 Å². The van der Waals surface area contributed by atoms with Crippen LogP contribution < -0.4 is 4.90 Å². The summed E-state index contributed by atoms with van der Waals surface area (Å²) >= 11 is 0. The quantitative estimate of drug-likeness (QED) is 0.899. The van der Waals surface area contributed by atoms with Gasteiger partial charge in [0.2, 0.25) is 0 Å². The third-order valence-electron chi connectivity index (χ3n) is 5.63. The Bertz CT molecular complexity index is 825. The number of carbonyl (C=O) groups excluding carboxylic acids is 1. The number of nitrogens with zero attached hydrogens (tertiary/aromatic N) is 3. The Morgan fingerprint density at radius 1 is 1.30 bits per heavy atom. The molecule has 0 saturated carbocycles. The molecular formula is C21H28N4O2. The van der Waals surface area contributed by atoms with Crippen molar-refractivity contribution in [2.75, 3.05) is 25.0 Å². The van der Waals surface area contributed by atoms with Crippen LogP contribution in [0.25, 0.3) is 0 Å². The van der Waals surface area contributed by atoms with E-state index < -0.39 is 0 Å². The van der Waals surface area contributed by atoms with E-state index in [1.807, 2.05) is 27.0 Å². The first-order valence-corrected chi connectivity index (χ1v) is 9.85. The normalized spacial score (nSPS) is 22.0. The number of nitrogens with one attached hydrogen (secondary N) is 1. The Morgan fingerprint density at radius 3 is 2.81 bits per heavy atom. The number of anilines is 1. The predicted molar refractivity (Wildman–Crippen MR) is 105 cm³/mol. The maximum atomic E-state index is 13.1. The molecule has 4 rings (SSSR count). The Balaban J connectivity index is 1.55. The number of hydrogen-bond donors (Lipinski definition) is 1. The zero-order chi connectivity index (χ0) is 19.0. The molecule has 1 N–H and O–H groups in total. The summed E-state index contributed by atoms with van der Waals surface area (Å²) in [5, 5.41) is 7.36. The van der Waals surface area contributed by atoms with Crippen LogP contribution in [0.4, 0.5) is 5.69 Å². The topological polar surface area (TPSA) is 61.5 Å². The molecule has 1 aromatic carbocycles. The number of rotatable bonds is 4. The Morgan fingerprint density at radius 2 is 2.04 bits per heavy atom. The minimum Gasteiger partial charge on any atom is -0.371 e. The lowest BCUT2D eigenvalue weighted by Crippen LogP contribution is -2.30. The number of fused-ring (bicyclic) bond motifs is 1. The summed E-state index contributed by atoms with van der Waals surface area (Å²) in [5.74, 6) is -0.0370. The number of para-hydroxylation sites is 1. The molecule has 0 spiro atoms. The van der Waals surface area contributed by atoms with Crippen LogP contribution in [0.3, 0.4) is 0 Å². The second kappa shape index (κ2) is 7.35. The molecule has 1 saturated heterocycles. The molecule has 27 heavy (non-hydrogen) atoms. The van der Waals surface area contributed by atoms with Crippen LogP contribution in [0, 0.1) is 0 Å². The van der Waals surface area contributed by atoms with E-state index in [0.717, 1.165) is 30.8 Å². The van der Waals surface area contributed by atoms with Crippen molar-refractivity contribution in [1.82, 2.24) is 15.1 Å². The first-order chi connectivity index (χ1) is 13.0. The van der Waals surface area contributed by atoms with Crippen molar-refractivity contribution in [1.29, 1.82) is 0 Å². The molecule has 1 amide bonds. The minimum atomic E-state index is -0.0565. The van der Waals surface area contributed by atoms with Gasteiger partial charge in [0.1, 0.15) is 0 Å². The van der Waals surface area contributed by atoms with Crippen molar-refractivity contribution in [3.05, 3.63) is 46.8 Å². The number of ether oxygens (including phenoxy) is 1. The molecule has 0 aliphatic carbocycles. The molecule has 3 heterocycles. The molecule has 2 aliphatic rings. The second-order valence-electron chi connectivity index (χ2n) is 7.74. The van der Waals surface area contributed by atoms with Crippen molar-refractivity contribution in [2.24, 2.45) is 0 Å². The van der Waals surface area contributed by atoms with Crippen LogP contribution >= 0.6 is 0 Å². The van der Waals surface area contributed by atoms with Gasteiger partial charge in [-0.3, -0.25) is 9.89 Å². The smallest absolute Gasteiger partial charge is 0.274 e. The summed E-state index contributed by atoms with van der Waals surface area (Å²) in [6.07, 6.45) is 3.23. The van der Waals surface area contributed by atoms with Gasteiger partial charge in [0.15, 0.2) is 5.69 Å². The monoisotopic (exact) mass is 368 g/mol. The Hall–Kier alpha value is -2.34. The average molecular weight is 368 g/mol. The van der Waals surface area contributed by atoms with Crippen LogP contribution in [0.2, 0.25) is 0 Å². The van der Waals surface area contributed by atoms with Crippen molar-refractivity contribution < 1.29 is 9.53 Å². The molecule has 1 fully saturated rings. The number of amides is 1. The van der Waals surface area contributed by atoms with Gasteiger partial charge in [-0.2, -0.15) is 5.10 Å². The zero-order valence-electron chi connectivity index (χ0n) is 16.4. The lowest BCUT2D eigenvalue weighted by atomic mass is 9.99. The summed E-state index contributed by atoms with van der Waals surface area (Å²) in [7, 11) is 1.86. The molecule has 2 aliphatic heterocycles. The van der Waals surface area contributed by atoms with Gasteiger partial charge in [0.25, 0.3) is 5.91 Å². The van der Waals surface area contributed by atoms with Crippen LogP contribution in [-0.4, -0.2) is 47.2 Å². The number of aromatic amines is 1. The van der Waals surface area contributed by atoms with Gasteiger partial charge in [-0.05, 0) is 38.3 Å². The van der Waals surface area contributed by atoms with Crippen LogP contribution in [0.1, 0.15) is 60.1 Å². The fraction of sp³-hybridized carbons (Fsp3) is 0.524. The first-order valence-electron chi connectivity index (χ1n) is 9.85. The Labute approximate surface area is 160 Å². The molecular weight excluding hydrogens is 340 g/mol. The number of hydrogen-bond acceptors (Lipinski definition) is 4. The van der Waals surface area contributed by atoms with Gasteiger partial charge < -0.3 is 14.5 Å². The molecule has 0 unspecified atom stereocenters. The Kier molecular flexibility index (Phi) is 4.91. The molecule has 144 valence electrons. The second-order valence-corrected chi connectivity index (χ2v) is 7.74. The highest BCUT2D eigenvalue weighted by Gasteiger charge is 2.31. The first kappa shape index (κ1) is 18.0. The van der Waals surface area contributed by atoms with Crippen molar-refractivity contribution in [3.63, 3.8) is 0 Å². The summed E-state index contributed by atoms with van der Waals surface area (Å²) in [4.78, 5) is 17.3. The zero-order valence-corrected chi connectivity index (χ0v) is 16.4. The standard InChI is InChI=1S/C21H28N4O2/c1-14-12-17-19(15(2)27-14)22-23-20(17)21(26)24(3)13-16-8-4-5-9-18(16)25-10-6-7-11-25/h4-5,8-9,14-15H,6-7,10-13H2,1-3H3,(H,22,23)/t14-,15+/m1/s1. The molecule has 2 atom stereocenters. The van der Waals surface area contributed by atoms with E-state index in [9.17, 15) is 4.79 Å². The summed E-state index contributed by atoms with van der Waals surface area (Å²) in [6, 6.07) is 8.40. The van der Waals surface area contributed by atoms with Crippen molar-refractivity contribution >= 4 is 11.6 Å². The van der Waals surface area contributed by atoms with Gasteiger partial charge in [0.05, 0.1) is 17.9 Å². The van der Waals surface area contributed by atoms with Gasteiger partial charge in [-0.25, -0.2) is 0 Å². The van der Waals surface area contributed by atoms with E-state index in [1.54, 1.807) is 4.90 Å². The maximum Gasteiger partial charge on any atom is 0.274 e. The number of benzene rings is 1. The van der Waals surface area contributed by atoms with Crippen LogP contribution in [0.15, 0.2) is 24.3 Å². The summed E-state index contributed by atoms with van der Waals surface area (Å²) in [5.41, 5.74) is 4.90. The SMILES string of the molecule is C[C@@H]1Cc2c(C(=O)N(C)Cc3ccccc3N3CCCC3)n[nH]c2[C@H](C)O1. The van der Waals surface area contributed by atoms with Gasteiger partial charge in [-0.15, -0.1) is 0 Å². The third-order valence-corrected chi connectivity index (χ3v) is 5.63. The van der Waals surface area contributed by atoms with E-state index in [4.69, 9.17) is 4.74 Å². The lowest BCUT2D eigenvalue weighted by Gasteiger charge is -2.26. The lowest BCUT2D eigenvalue weighted by molar-refractivity contribution is -0.00701. The molecule has 6 nitrogen and oxygen atoms in total. The van der Waals surface area contributed by atoms with E-state index in [1.165, 1.54) is 24.1 Å². The summed E-state index contributed by atoms with van der Waals surface area (Å²) < 4.78 is 5.83. The fourth-order valence-corrected chi connectivity index (χ4v) is 4.27. The minimum absolute atomic E-state index is 0.0370. The maximum absolute atomic E-state index is 13.1. The van der Waals surface area contributed by atoms with Gasteiger partial charge >= 0.3 is 0 Å². The van der Waals surface area contributed by atoms with Crippen molar-refractivity contribution in [3.8, 4) is 0 Å². The van der Waals surface area contributed by atoms with E-state index in [0.29, 0.717) is 12.2 Å². The summed E-state index contributed by atoms with van der Waals surface area (Å²) in [6.45, 7) is 6.80. The molecule has 0 bridgehead atoms. The van der Waals surface area contributed by atoms with Gasteiger partial charge in [0, 0.05) is 44.4 Å². The highest BCUT2D eigenvalue weighted by molar-refractivity contribution is 5.94. The van der Waals surface area contributed by atoms with Gasteiger partial charge in [-0.1, -0.05) is 18.2 Å². The molecule has 1 aromatic heterocycles. The van der Waals surface area contributed by atoms with E-state index in [-0.39, 0.29) is 18.1 Å². The van der Waals surface area contributed by atoms with Crippen LogP contribution in [0.5, 0.6) is 0 Å². The molecule has 0 radical (unpaired) electrons. The highest BCUT2D eigenvalue weighted by atomic mass is 16.5. The molecule has 6 heteroatoms. The third kappa shape index (κ3) is 3.46. The van der Waals surface area contributed by atoms with Crippen LogP contribution in [-0.2, 0) is 17.7 Å². The number of aromatic nitrogens is 2. The van der Waals surface area contributed by atoms with E-state index >= 15 is 0 Å². The average Bonchev–Trinajstić information content (AvgIpc) is 3.31. The highest BCUT2D eigenvalue weighted by Crippen LogP contribution is 2.31. The predicted octanol–water partition coefficient (Wildman–Crippen LogP) is 3.30. The number of H-pyrrole nitrogens is 1. The molecule has 2 aromatic rings.